The van der Waals surface area contributed by atoms with Gasteiger partial charge in [-0.2, -0.15) is 5.26 Å². The van der Waals surface area contributed by atoms with E-state index in [1.54, 1.807) is 38.7 Å². The molecule has 1 saturated heterocycles. The van der Waals surface area contributed by atoms with Crippen molar-refractivity contribution in [2.75, 3.05) is 26.2 Å². The van der Waals surface area contributed by atoms with Crippen molar-refractivity contribution in [3.63, 3.8) is 0 Å². The van der Waals surface area contributed by atoms with E-state index in [1.807, 2.05) is 30.3 Å². The molecule has 0 bridgehead atoms. The molecule has 0 saturated carbocycles. The van der Waals surface area contributed by atoms with E-state index in [4.69, 9.17) is 21.6 Å². The molecule has 0 spiro atoms. The maximum Gasteiger partial charge on any atom is 0.276 e. The van der Waals surface area contributed by atoms with Crippen molar-refractivity contribution in [3.8, 4) is 6.07 Å². The standard InChI is InChI=1S/C24H21ClN6O3/c25-19-7-5-17(6-8-19)21-14-31-20(15-34-21)22(27-28-31)24(33)30-11-9-29(10-12-30)23(32)18-3-1-16(13-26)2-4-18/h1-8,21H,9-12,14-15H2/t21-/m0/s1. The highest BCUT2D eigenvalue weighted by molar-refractivity contribution is 6.30. The number of ether oxygens (including phenoxy) is 1. The van der Waals surface area contributed by atoms with E-state index in [1.165, 1.54) is 0 Å². The highest BCUT2D eigenvalue weighted by Crippen LogP contribution is 2.28. The Morgan fingerprint density at radius 3 is 2.26 bits per heavy atom. The number of fused-ring (bicyclic) bond motifs is 1. The summed E-state index contributed by atoms with van der Waals surface area (Å²) in [5.41, 5.74) is 2.97. The Hall–Kier alpha value is -3.74. The number of carbonyl (C=O) groups excluding carboxylic acids is 2. The maximum absolute atomic E-state index is 13.1. The molecule has 1 atom stereocenters. The van der Waals surface area contributed by atoms with Crippen molar-refractivity contribution in [1.82, 2.24) is 24.8 Å². The number of piperazine rings is 1. The number of aromatic nitrogens is 3. The Kier molecular flexibility index (Phi) is 6.01. The van der Waals surface area contributed by atoms with Crippen molar-refractivity contribution in [3.05, 3.63) is 81.6 Å². The Morgan fingerprint density at radius 1 is 0.971 bits per heavy atom. The van der Waals surface area contributed by atoms with Crippen LogP contribution in [-0.2, 0) is 17.9 Å². The van der Waals surface area contributed by atoms with Gasteiger partial charge in [0.1, 0.15) is 6.10 Å². The van der Waals surface area contributed by atoms with Crippen molar-refractivity contribution in [2.45, 2.75) is 19.3 Å². The van der Waals surface area contributed by atoms with Gasteiger partial charge in [0, 0.05) is 36.8 Å². The van der Waals surface area contributed by atoms with Crippen LogP contribution in [-0.4, -0.2) is 62.8 Å². The van der Waals surface area contributed by atoms with Crippen LogP contribution in [0.4, 0.5) is 0 Å². The van der Waals surface area contributed by atoms with Gasteiger partial charge in [0.2, 0.25) is 0 Å². The fraction of sp³-hybridized carbons (Fsp3) is 0.292. The third kappa shape index (κ3) is 4.25. The highest BCUT2D eigenvalue weighted by Gasteiger charge is 2.32. The van der Waals surface area contributed by atoms with Crippen LogP contribution >= 0.6 is 11.6 Å². The van der Waals surface area contributed by atoms with Gasteiger partial charge in [-0.05, 0) is 42.0 Å². The van der Waals surface area contributed by atoms with E-state index >= 15 is 0 Å². The molecule has 172 valence electrons. The molecule has 2 aromatic carbocycles. The van der Waals surface area contributed by atoms with Crippen LogP contribution in [0.1, 0.15) is 43.8 Å². The first kappa shape index (κ1) is 22.1. The minimum atomic E-state index is -0.208. The SMILES string of the molecule is N#Cc1ccc(C(=O)N2CCN(C(=O)c3nnn4c3CO[C@H](c3ccc(Cl)cc3)C4)CC2)cc1. The normalized spacial score (nSPS) is 17.7. The topological polar surface area (TPSA) is 104 Å². The summed E-state index contributed by atoms with van der Waals surface area (Å²) in [6.45, 7) is 2.35. The molecule has 2 amide bonds. The van der Waals surface area contributed by atoms with Crippen molar-refractivity contribution < 1.29 is 14.3 Å². The number of hydrogen-bond donors (Lipinski definition) is 0. The molecule has 3 aromatic rings. The van der Waals surface area contributed by atoms with E-state index in [0.717, 1.165) is 5.56 Å². The molecule has 0 radical (unpaired) electrons. The van der Waals surface area contributed by atoms with E-state index in [0.29, 0.717) is 60.3 Å². The first-order chi connectivity index (χ1) is 16.5. The molecule has 9 nitrogen and oxygen atoms in total. The van der Waals surface area contributed by atoms with Crippen molar-refractivity contribution >= 4 is 23.4 Å². The summed E-state index contributed by atoms with van der Waals surface area (Å²) < 4.78 is 7.72. The molecule has 2 aliphatic rings. The van der Waals surface area contributed by atoms with Gasteiger partial charge < -0.3 is 14.5 Å². The average Bonchev–Trinajstić information content (AvgIpc) is 3.32. The van der Waals surface area contributed by atoms with Gasteiger partial charge in [-0.15, -0.1) is 5.10 Å². The number of halogens is 1. The zero-order valence-corrected chi connectivity index (χ0v) is 19.0. The van der Waals surface area contributed by atoms with Gasteiger partial charge in [0.15, 0.2) is 5.69 Å². The lowest BCUT2D eigenvalue weighted by Crippen LogP contribution is -2.50. The zero-order valence-electron chi connectivity index (χ0n) is 18.2. The Labute approximate surface area is 201 Å². The summed E-state index contributed by atoms with van der Waals surface area (Å²) in [4.78, 5) is 29.3. The summed E-state index contributed by atoms with van der Waals surface area (Å²) in [5.74, 6) is -0.320. The first-order valence-electron chi connectivity index (χ1n) is 10.9. The van der Waals surface area contributed by atoms with Crippen LogP contribution in [0.3, 0.4) is 0 Å². The number of hydrogen-bond acceptors (Lipinski definition) is 6. The number of rotatable bonds is 3. The predicted octanol–water partition coefficient (Wildman–Crippen LogP) is 2.67. The fourth-order valence-corrected chi connectivity index (χ4v) is 4.32. The number of benzene rings is 2. The number of amides is 2. The van der Waals surface area contributed by atoms with Crippen LogP contribution in [0, 0.1) is 11.3 Å². The first-order valence-corrected chi connectivity index (χ1v) is 11.3. The van der Waals surface area contributed by atoms with Gasteiger partial charge in [-0.25, -0.2) is 4.68 Å². The van der Waals surface area contributed by atoms with Crippen LogP contribution in [0.15, 0.2) is 48.5 Å². The smallest absolute Gasteiger partial charge is 0.276 e. The Morgan fingerprint density at radius 2 is 1.62 bits per heavy atom. The summed E-state index contributed by atoms with van der Waals surface area (Å²) in [5, 5.41) is 17.9. The second kappa shape index (κ2) is 9.25. The largest absolute Gasteiger partial charge is 0.365 e. The molecule has 34 heavy (non-hydrogen) atoms. The minimum absolute atomic E-state index is 0.112. The molecule has 0 unspecified atom stereocenters. The van der Waals surface area contributed by atoms with Gasteiger partial charge in [0.25, 0.3) is 11.8 Å². The van der Waals surface area contributed by atoms with Gasteiger partial charge in [-0.1, -0.05) is 28.9 Å². The third-order valence-electron chi connectivity index (χ3n) is 6.16. The quantitative estimate of drug-likeness (QED) is 0.575. The Balaban J connectivity index is 1.21. The summed E-state index contributed by atoms with van der Waals surface area (Å²) in [6, 6.07) is 16.1. The molecule has 0 aliphatic carbocycles. The summed E-state index contributed by atoms with van der Waals surface area (Å²) >= 11 is 5.97. The third-order valence-corrected chi connectivity index (χ3v) is 6.41. The molecular formula is C24H21ClN6O3. The summed E-state index contributed by atoms with van der Waals surface area (Å²) in [7, 11) is 0. The molecule has 2 aliphatic heterocycles. The van der Waals surface area contributed by atoms with Crippen molar-refractivity contribution in [2.24, 2.45) is 0 Å². The van der Waals surface area contributed by atoms with E-state index in [9.17, 15) is 9.59 Å². The predicted molar refractivity (Wildman–Crippen MR) is 122 cm³/mol. The van der Waals surface area contributed by atoms with Crippen LogP contribution in [0.5, 0.6) is 0 Å². The number of nitriles is 1. The van der Waals surface area contributed by atoms with Gasteiger partial charge in [0.05, 0.1) is 30.5 Å². The Bertz CT molecular complexity index is 1260. The van der Waals surface area contributed by atoms with Gasteiger partial charge >= 0.3 is 0 Å². The second-order valence-corrected chi connectivity index (χ2v) is 8.63. The lowest BCUT2D eigenvalue weighted by atomic mass is 10.1. The molecular weight excluding hydrogens is 456 g/mol. The van der Waals surface area contributed by atoms with Gasteiger partial charge in [-0.3, -0.25) is 9.59 Å². The second-order valence-electron chi connectivity index (χ2n) is 8.19. The lowest BCUT2D eigenvalue weighted by molar-refractivity contribution is -0.00202. The van der Waals surface area contributed by atoms with Crippen LogP contribution < -0.4 is 0 Å². The minimum Gasteiger partial charge on any atom is -0.365 e. The monoisotopic (exact) mass is 476 g/mol. The molecule has 3 heterocycles. The molecule has 1 aromatic heterocycles. The fourth-order valence-electron chi connectivity index (χ4n) is 4.19. The highest BCUT2D eigenvalue weighted by atomic mass is 35.5. The van der Waals surface area contributed by atoms with E-state index in [-0.39, 0.29) is 24.5 Å². The van der Waals surface area contributed by atoms with E-state index in [2.05, 4.69) is 10.3 Å². The zero-order chi connectivity index (χ0) is 23.7. The number of carbonyl (C=O) groups is 2. The van der Waals surface area contributed by atoms with Crippen molar-refractivity contribution in [1.29, 1.82) is 5.26 Å². The molecule has 0 N–H and O–H groups in total. The van der Waals surface area contributed by atoms with E-state index < -0.39 is 0 Å². The average molecular weight is 477 g/mol. The maximum atomic E-state index is 13.1. The van der Waals surface area contributed by atoms with Crippen LogP contribution in [0.25, 0.3) is 0 Å². The van der Waals surface area contributed by atoms with Crippen LogP contribution in [0.2, 0.25) is 5.02 Å². The number of nitrogens with zero attached hydrogens (tertiary/aromatic N) is 6. The molecule has 5 rings (SSSR count). The summed E-state index contributed by atoms with van der Waals surface area (Å²) in [6.07, 6.45) is -0.189. The molecule has 10 heteroatoms. The lowest BCUT2D eigenvalue weighted by Gasteiger charge is -2.34. The molecule has 1 fully saturated rings.